The fraction of sp³-hybridized carbons (Fsp3) is 0.367. The molecule has 3 aromatic rings. The summed E-state index contributed by atoms with van der Waals surface area (Å²) in [5, 5.41) is 11.1. The molecule has 1 aliphatic heterocycles. The Morgan fingerprint density at radius 3 is 2.00 bits per heavy atom. The number of non-ortho nitro benzene ring substituents is 1. The molecule has 0 spiro atoms. The fourth-order valence-electron chi connectivity index (χ4n) is 4.01. The van der Waals surface area contributed by atoms with Gasteiger partial charge in [0.25, 0.3) is 5.69 Å². The van der Waals surface area contributed by atoms with Crippen LogP contribution in [0.4, 0.5) is 5.69 Å². The van der Waals surface area contributed by atoms with Crippen molar-refractivity contribution in [3.63, 3.8) is 0 Å². The molecular formula is C30H37BN2O5. The van der Waals surface area contributed by atoms with E-state index < -0.39 is 23.2 Å². The average Bonchev–Trinajstić information content (AvgIpc) is 3.14. The third-order valence-corrected chi connectivity index (χ3v) is 6.83. The monoisotopic (exact) mass is 516 g/mol. The molecular weight excluding hydrogens is 479 g/mol. The second-order valence-electron chi connectivity index (χ2n) is 9.82. The Bertz CT molecular complexity index is 1270. The van der Waals surface area contributed by atoms with Crippen LogP contribution in [0.5, 0.6) is 0 Å². The Labute approximate surface area is 226 Å². The Morgan fingerprint density at radius 1 is 0.947 bits per heavy atom. The predicted molar refractivity (Wildman–Crippen MR) is 154 cm³/mol. The second-order valence-corrected chi connectivity index (χ2v) is 9.82. The van der Waals surface area contributed by atoms with Crippen molar-refractivity contribution >= 4 is 24.0 Å². The first-order chi connectivity index (χ1) is 18.0. The molecule has 0 unspecified atom stereocenters. The van der Waals surface area contributed by atoms with E-state index in [1.165, 1.54) is 12.1 Å². The molecule has 0 saturated carbocycles. The van der Waals surface area contributed by atoms with Crippen molar-refractivity contribution in [1.29, 1.82) is 0 Å². The van der Waals surface area contributed by atoms with Crippen molar-refractivity contribution < 1.29 is 19.0 Å². The molecule has 2 aromatic carbocycles. The highest BCUT2D eigenvalue weighted by molar-refractivity contribution is 6.62. The highest BCUT2D eigenvalue weighted by atomic mass is 16.7. The zero-order valence-electron chi connectivity index (χ0n) is 23.6. The van der Waals surface area contributed by atoms with Crippen LogP contribution in [0.3, 0.4) is 0 Å². The summed E-state index contributed by atoms with van der Waals surface area (Å²) in [6, 6.07) is 18.5. The molecule has 38 heavy (non-hydrogen) atoms. The number of nitro benzene ring substituents is 1. The zero-order chi connectivity index (χ0) is 28.1. The van der Waals surface area contributed by atoms with E-state index in [0.717, 1.165) is 28.6 Å². The lowest BCUT2D eigenvalue weighted by molar-refractivity contribution is -0.384. The summed E-state index contributed by atoms with van der Waals surface area (Å²) in [7, 11) is 1.20. The van der Waals surface area contributed by atoms with Gasteiger partial charge in [-0.25, -0.2) is 4.98 Å². The molecule has 0 atom stereocenters. The Kier molecular flexibility index (Phi) is 9.12. The minimum atomic E-state index is -0.430. The molecule has 1 aliphatic rings. The minimum absolute atomic E-state index is 0.0388. The first-order valence-electron chi connectivity index (χ1n) is 13.0. The van der Waals surface area contributed by atoms with E-state index in [1.807, 2.05) is 90.9 Å². The van der Waals surface area contributed by atoms with Gasteiger partial charge in [-0.2, -0.15) is 0 Å². The lowest BCUT2D eigenvalue weighted by Crippen LogP contribution is -2.41. The van der Waals surface area contributed by atoms with Crippen LogP contribution in [0.1, 0.15) is 60.6 Å². The number of pyridine rings is 1. The van der Waals surface area contributed by atoms with Crippen LogP contribution in [-0.2, 0) is 14.0 Å². The highest BCUT2D eigenvalue weighted by Gasteiger charge is 2.51. The Hall–Kier alpha value is -3.49. The molecule has 0 N–H and O–H groups in total. The maximum absolute atomic E-state index is 11.1. The van der Waals surface area contributed by atoms with Crippen LogP contribution < -0.4 is 5.46 Å². The summed E-state index contributed by atoms with van der Waals surface area (Å²) in [5.74, 6) is 0.677. The van der Waals surface area contributed by atoms with E-state index in [-0.39, 0.29) is 5.69 Å². The third kappa shape index (κ3) is 6.14. The summed E-state index contributed by atoms with van der Waals surface area (Å²) < 4.78 is 18.0. The number of nitrogens with zero attached hydrogens (tertiary/aromatic N) is 2. The summed E-state index contributed by atoms with van der Waals surface area (Å²) in [5.41, 5.74) is 4.30. The van der Waals surface area contributed by atoms with E-state index >= 15 is 0 Å². The second kappa shape index (κ2) is 11.9. The number of hydrogen-bond acceptors (Lipinski definition) is 6. The van der Waals surface area contributed by atoms with Crippen LogP contribution in [0, 0.1) is 10.1 Å². The van der Waals surface area contributed by atoms with Gasteiger partial charge in [-0.1, -0.05) is 45.0 Å². The zero-order valence-corrected chi connectivity index (χ0v) is 23.6. The van der Waals surface area contributed by atoms with Gasteiger partial charge >= 0.3 is 7.12 Å². The van der Waals surface area contributed by atoms with E-state index in [4.69, 9.17) is 19.0 Å². The van der Waals surface area contributed by atoms with Gasteiger partial charge in [0.2, 0.25) is 0 Å². The van der Waals surface area contributed by atoms with Crippen molar-refractivity contribution in [2.45, 2.75) is 66.1 Å². The lowest BCUT2D eigenvalue weighted by Gasteiger charge is -2.32. The molecule has 2 heterocycles. The first-order valence-corrected chi connectivity index (χ1v) is 13.0. The summed E-state index contributed by atoms with van der Waals surface area (Å²) in [6.07, 6.45) is 2.78. The summed E-state index contributed by atoms with van der Waals surface area (Å²) in [6.45, 7) is 14.2. The maximum atomic E-state index is 11.1. The molecule has 0 aliphatic carbocycles. The normalized spacial score (nSPS) is 16.0. The molecule has 0 amide bonds. The molecule has 1 fully saturated rings. The number of hydrogen-bond donors (Lipinski definition) is 0. The standard InChI is InChI=1S/C28H31BN2O5.C2H6/c1-7-8-26(34-6)25-18-21(17-24(30-25)20-11-15-23(16-12-20)31(32)33)19-9-13-22(14-10-19)29-35-27(2,3)28(4,5)36-29;1-2/h8-18H,7H2,1-6H3;1-2H3/b26-8-;. The Balaban J connectivity index is 0.00000195. The third-order valence-electron chi connectivity index (χ3n) is 6.83. The summed E-state index contributed by atoms with van der Waals surface area (Å²) in [4.78, 5) is 15.5. The predicted octanol–water partition coefficient (Wildman–Crippen LogP) is 7.05. The van der Waals surface area contributed by atoms with Gasteiger partial charge in [0.05, 0.1) is 28.9 Å². The van der Waals surface area contributed by atoms with Crippen molar-refractivity contribution in [2.75, 3.05) is 7.11 Å². The SMILES string of the molecule is CC.CC/C=C(\OC)c1cc(-c2ccc(B3OC(C)(C)C(C)(C)O3)cc2)cc(-c2ccc([N+](=O)[O-])cc2)n1. The van der Waals surface area contributed by atoms with E-state index in [9.17, 15) is 10.1 Å². The van der Waals surface area contributed by atoms with E-state index in [1.54, 1.807) is 19.2 Å². The largest absolute Gasteiger partial charge is 0.495 e. The highest BCUT2D eigenvalue weighted by Crippen LogP contribution is 2.37. The fourth-order valence-corrected chi connectivity index (χ4v) is 4.01. The van der Waals surface area contributed by atoms with Crippen LogP contribution in [0.25, 0.3) is 28.1 Å². The number of allylic oxidation sites excluding steroid dienone is 1. The van der Waals surface area contributed by atoms with Gasteiger partial charge in [-0.05, 0) is 81.0 Å². The quantitative estimate of drug-likeness (QED) is 0.145. The van der Waals surface area contributed by atoms with Gasteiger partial charge in [0.1, 0.15) is 11.5 Å². The van der Waals surface area contributed by atoms with Gasteiger partial charge in [0.15, 0.2) is 0 Å². The Morgan fingerprint density at radius 2 is 1.50 bits per heavy atom. The molecule has 0 radical (unpaired) electrons. The van der Waals surface area contributed by atoms with Gasteiger partial charge in [-0.3, -0.25) is 10.1 Å². The van der Waals surface area contributed by atoms with E-state index in [0.29, 0.717) is 17.1 Å². The molecule has 1 saturated heterocycles. The molecule has 4 rings (SSSR count). The summed E-state index contributed by atoms with van der Waals surface area (Å²) >= 11 is 0. The number of nitro groups is 1. The number of ether oxygens (including phenoxy) is 1. The number of aromatic nitrogens is 1. The van der Waals surface area contributed by atoms with Crippen molar-refractivity contribution in [1.82, 2.24) is 4.98 Å². The van der Waals surface area contributed by atoms with Crippen molar-refractivity contribution in [2.24, 2.45) is 0 Å². The van der Waals surface area contributed by atoms with Gasteiger partial charge in [0, 0.05) is 17.7 Å². The minimum Gasteiger partial charge on any atom is -0.495 e. The van der Waals surface area contributed by atoms with Crippen LogP contribution >= 0.6 is 0 Å². The first kappa shape index (κ1) is 29.1. The number of benzene rings is 2. The lowest BCUT2D eigenvalue weighted by atomic mass is 9.78. The topological polar surface area (TPSA) is 83.7 Å². The van der Waals surface area contributed by atoms with E-state index in [2.05, 4.69) is 0 Å². The van der Waals surface area contributed by atoms with Crippen molar-refractivity contribution in [3.8, 4) is 22.4 Å². The van der Waals surface area contributed by atoms with Crippen LogP contribution in [-0.4, -0.2) is 35.3 Å². The number of methoxy groups -OCH3 is 1. The van der Waals surface area contributed by atoms with Crippen LogP contribution in [0.15, 0.2) is 66.7 Å². The smallest absolute Gasteiger partial charge is 0.494 e. The molecule has 7 nitrogen and oxygen atoms in total. The van der Waals surface area contributed by atoms with Gasteiger partial charge in [-0.15, -0.1) is 0 Å². The molecule has 1 aromatic heterocycles. The van der Waals surface area contributed by atoms with Gasteiger partial charge < -0.3 is 14.0 Å². The molecule has 8 heteroatoms. The molecule has 200 valence electrons. The number of rotatable bonds is 7. The van der Waals surface area contributed by atoms with Crippen LogP contribution in [0.2, 0.25) is 0 Å². The average molecular weight is 516 g/mol. The maximum Gasteiger partial charge on any atom is 0.494 e. The molecule has 0 bridgehead atoms. The van der Waals surface area contributed by atoms with Crippen molar-refractivity contribution in [3.05, 3.63) is 82.5 Å².